The van der Waals surface area contributed by atoms with Crippen LogP contribution in [0.3, 0.4) is 0 Å². The van der Waals surface area contributed by atoms with E-state index in [1.807, 2.05) is 0 Å². The van der Waals surface area contributed by atoms with Crippen LogP contribution in [0.15, 0.2) is 24.3 Å². The van der Waals surface area contributed by atoms with E-state index >= 15 is 0 Å². The lowest BCUT2D eigenvalue weighted by Gasteiger charge is -2.18. The van der Waals surface area contributed by atoms with Gasteiger partial charge in [0.1, 0.15) is 0 Å². The summed E-state index contributed by atoms with van der Waals surface area (Å²) in [5, 5.41) is 2.63. The summed E-state index contributed by atoms with van der Waals surface area (Å²) < 4.78 is 28.4. The maximum atomic E-state index is 12.3. The van der Waals surface area contributed by atoms with Crippen molar-refractivity contribution < 1.29 is 13.2 Å². The zero-order chi connectivity index (χ0) is 15.3. The van der Waals surface area contributed by atoms with Crippen LogP contribution < -0.4 is 15.8 Å². The topological polar surface area (TPSA) is 105 Å². The first-order chi connectivity index (χ1) is 10.0. The van der Waals surface area contributed by atoms with Crippen molar-refractivity contribution in [3.63, 3.8) is 0 Å². The summed E-state index contributed by atoms with van der Waals surface area (Å²) in [5.41, 5.74) is 5.91. The molecule has 116 valence electrons. The van der Waals surface area contributed by atoms with E-state index in [0.717, 1.165) is 12.8 Å². The summed E-state index contributed by atoms with van der Waals surface area (Å²) >= 11 is 0. The van der Waals surface area contributed by atoms with Gasteiger partial charge in [0.25, 0.3) is 5.91 Å². The van der Waals surface area contributed by atoms with Gasteiger partial charge in [-0.2, -0.15) is 12.7 Å². The van der Waals surface area contributed by atoms with Crippen LogP contribution in [0.25, 0.3) is 0 Å². The number of rotatable bonds is 6. The number of carbonyl (C=O) groups is 1. The Kier molecular flexibility index (Phi) is 5.16. The summed E-state index contributed by atoms with van der Waals surface area (Å²) in [6.45, 7) is 1.69. The molecule has 0 radical (unpaired) electrons. The van der Waals surface area contributed by atoms with Gasteiger partial charge in [0.05, 0.1) is 11.3 Å². The molecule has 1 aromatic carbocycles. The van der Waals surface area contributed by atoms with Gasteiger partial charge in [-0.05, 0) is 25.0 Å². The fraction of sp³-hybridized carbons (Fsp3) is 0.462. The number of para-hydroxylation sites is 1. The molecular weight excluding hydrogens is 292 g/mol. The molecule has 1 fully saturated rings. The number of hydrogen-bond donors (Lipinski definition) is 3. The summed E-state index contributed by atoms with van der Waals surface area (Å²) in [4.78, 5) is 12.0. The highest BCUT2D eigenvalue weighted by Crippen LogP contribution is 2.20. The molecule has 1 aliphatic rings. The van der Waals surface area contributed by atoms with Crippen molar-refractivity contribution in [3.05, 3.63) is 29.8 Å². The average molecular weight is 312 g/mol. The fourth-order valence-electron chi connectivity index (χ4n) is 2.18. The molecule has 0 aromatic heterocycles. The molecule has 0 aliphatic carbocycles. The van der Waals surface area contributed by atoms with Gasteiger partial charge in [0.2, 0.25) is 0 Å². The third-order valence-corrected chi connectivity index (χ3v) is 4.77. The lowest BCUT2D eigenvalue weighted by Crippen LogP contribution is -2.35. The Labute approximate surface area is 124 Å². The second-order valence-electron chi connectivity index (χ2n) is 4.80. The van der Waals surface area contributed by atoms with Crippen molar-refractivity contribution >= 4 is 21.8 Å². The maximum Gasteiger partial charge on any atom is 0.301 e. The largest absolute Gasteiger partial charge is 0.351 e. The van der Waals surface area contributed by atoms with Crippen LogP contribution in [0.5, 0.6) is 0 Å². The van der Waals surface area contributed by atoms with E-state index in [-0.39, 0.29) is 17.2 Å². The Morgan fingerprint density at radius 3 is 2.57 bits per heavy atom. The molecular formula is C13H20N4O3S. The average Bonchev–Trinajstić information content (AvgIpc) is 3.00. The first kappa shape index (κ1) is 15.7. The highest BCUT2D eigenvalue weighted by atomic mass is 32.2. The van der Waals surface area contributed by atoms with E-state index in [2.05, 4.69) is 10.0 Å². The lowest BCUT2D eigenvalue weighted by molar-refractivity contribution is 0.0955. The third-order valence-electron chi connectivity index (χ3n) is 3.25. The van der Waals surface area contributed by atoms with E-state index in [1.54, 1.807) is 24.3 Å². The summed E-state index contributed by atoms with van der Waals surface area (Å²) in [7, 11) is -3.61. The van der Waals surface area contributed by atoms with Crippen LogP contribution in [-0.2, 0) is 10.2 Å². The Morgan fingerprint density at radius 2 is 1.90 bits per heavy atom. The number of benzene rings is 1. The van der Waals surface area contributed by atoms with Crippen LogP contribution in [0.1, 0.15) is 23.2 Å². The Balaban J connectivity index is 2.18. The molecule has 0 spiro atoms. The Bertz CT molecular complexity index is 597. The first-order valence-electron chi connectivity index (χ1n) is 6.90. The van der Waals surface area contributed by atoms with Crippen molar-refractivity contribution in [3.8, 4) is 0 Å². The van der Waals surface area contributed by atoms with Crippen molar-refractivity contribution in [2.24, 2.45) is 5.73 Å². The Morgan fingerprint density at radius 1 is 1.24 bits per heavy atom. The van der Waals surface area contributed by atoms with Crippen molar-refractivity contribution in [2.75, 3.05) is 30.9 Å². The molecule has 0 bridgehead atoms. The van der Waals surface area contributed by atoms with E-state index in [0.29, 0.717) is 26.2 Å². The molecule has 1 heterocycles. The lowest BCUT2D eigenvalue weighted by atomic mass is 10.1. The predicted molar refractivity (Wildman–Crippen MR) is 81.2 cm³/mol. The van der Waals surface area contributed by atoms with Gasteiger partial charge in [-0.1, -0.05) is 12.1 Å². The van der Waals surface area contributed by atoms with Gasteiger partial charge in [0.15, 0.2) is 0 Å². The molecule has 0 saturated carbocycles. The number of nitrogens with two attached hydrogens (primary N) is 1. The molecule has 2 rings (SSSR count). The fourth-order valence-corrected chi connectivity index (χ4v) is 3.51. The highest BCUT2D eigenvalue weighted by molar-refractivity contribution is 7.90. The molecule has 21 heavy (non-hydrogen) atoms. The van der Waals surface area contributed by atoms with Gasteiger partial charge < -0.3 is 11.1 Å². The summed E-state index contributed by atoms with van der Waals surface area (Å²) in [5.74, 6) is -0.347. The third kappa shape index (κ3) is 3.93. The quantitative estimate of drug-likeness (QED) is 0.694. The number of hydrogen-bond acceptors (Lipinski definition) is 4. The molecule has 1 saturated heterocycles. The minimum atomic E-state index is -3.61. The molecule has 1 amide bonds. The SMILES string of the molecule is NCCNC(=O)c1ccccc1NS(=O)(=O)N1CCCC1. The number of anilines is 1. The van der Waals surface area contributed by atoms with E-state index in [4.69, 9.17) is 5.73 Å². The van der Waals surface area contributed by atoms with Crippen LogP contribution in [0, 0.1) is 0 Å². The van der Waals surface area contributed by atoms with Gasteiger partial charge in [-0.3, -0.25) is 9.52 Å². The van der Waals surface area contributed by atoms with Gasteiger partial charge >= 0.3 is 10.2 Å². The molecule has 4 N–H and O–H groups in total. The summed E-state index contributed by atoms with van der Waals surface area (Å²) in [6, 6.07) is 6.52. The molecule has 1 aromatic rings. The Hall–Kier alpha value is -1.64. The van der Waals surface area contributed by atoms with Gasteiger partial charge in [0, 0.05) is 26.2 Å². The van der Waals surface area contributed by atoms with Gasteiger partial charge in [-0.15, -0.1) is 0 Å². The molecule has 1 aliphatic heterocycles. The standard InChI is InChI=1S/C13H20N4O3S/c14-7-8-15-13(18)11-5-1-2-6-12(11)16-21(19,20)17-9-3-4-10-17/h1-2,5-6,16H,3-4,7-10,14H2,(H,15,18). The monoisotopic (exact) mass is 312 g/mol. The highest BCUT2D eigenvalue weighted by Gasteiger charge is 2.26. The van der Waals surface area contributed by atoms with Crippen LogP contribution >= 0.6 is 0 Å². The minimum Gasteiger partial charge on any atom is -0.351 e. The van der Waals surface area contributed by atoms with Crippen molar-refractivity contribution in [1.82, 2.24) is 9.62 Å². The number of carbonyl (C=O) groups excluding carboxylic acids is 1. The predicted octanol–water partition coefficient (Wildman–Crippen LogP) is 0.128. The van der Waals surface area contributed by atoms with Gasteiger partial charge in [-0.25, -0.2) is 0 Å². The molecule has 0 unspecified atom stereocenters. The first-order valence-corrected chi connectivity index (χ1v) is 8.34. The molecule has 0 atom stereocenters. The number of nitrogens with zero attached hydrogens (tertiary/aromatic N) is 1. The van der Waals surface area contributed by atoms with Crippen LogP contribution in [0.4, 0.5) is 5.69 Å². The van der Waals surface area contributed by atoms with E-state index < -0.39 is 10.2 Å². The van der Waals surface area contributed by atoms with Crippen LogP contribution in [-0.4, -0.2) is 44.8 Å². The number of nitrogens with one attached hydrogen (secondary N) is 2. The normalized spacial score (nSPS) is 15.9. The van der Waals surface area contributed by atoms with Crippen molar-refractivity contribution in [1.29, 1.82) is 0 Å². The van der Waals surface area contributed by atoms with E-state index in [9.17, 15) is 13.2 Å². The maximum absolute atomic E-state index is 12.3. The zero-order valence-electron chi connectivity index (χ0n) is 11.7. The smallest absolute Gasteiger partial charge is 0.301 e. The van der Waals surface area contributed by atoms with Crippen molar-refractivity contribution in [2.45, 2.75) is 12.8 Å². The van der Waals surface area contributed by atoms with Crippen LogP contribution in [0.2, 0.25) is 0 Å². The molecule has 8 heteroatoms. The molecule has 7 nitrogen and oxygen atoms in total. The minimum absolute atomic E-state index is 0.277. The summed E-state index contributed by atoms with van der Waals surface area (Å²) in [6.07, 6.45) is 1.72. The second kappa shape index (κ2) is 6.88. The van der Waals surface area contributed by atoms with E-state index in [1.165, 1.54) is 4.31 Å². The zero-order valence-corrected chi connectivity index (χ0v) is 12.5. The number of amides is 1. The second-order valence-corrected chi connectivity index (χ2v) is 6.47.